The minimum atomic E-state index is -3.46. The van der Waals surface area contributed by atoms with Crippen molar-refractivity contribution in [1.29, 1.82) is 0 Å². The van der Waals surface area contributed by atoms with Gasteiger partial charge in [-0.3, -0.25) is 9.40 Å². The Kier molecular flexibility index (Phi) is 6.30. The number of sulfonamides is 1. The third kappa shape index (κ3) is 4.98. The zero-order chi connectivity index (χ0) is 26.2. The van der Waals surface area contributed by atoms with Crippen LogP contribution in [-0.4, -0.2) is 45.1 Å². The second-order valence-corrected chi connectivity index (χ2v) is 11.1. The molecule has 11 heteroatoms. The van der Waals surface area contributed by atoms with Gasteiger partial charge in [-0.1, -0.05) is 6.07 Å². The van der Waals surface area contributed by atoms with Crippen LogP contribution in [-0.2, 0) is 17.1 Å². The van der Waals surface area contributed by atoms with E-state index in [4.69, 9.17) is 9.72 Å². The normalized spacial score (nSPS) is 11.7. The second kappa shape index (κ2) is 9.58. The van der Waals surface area contributed by atoms with E-state index in [0.29, 0.717) is 23.0 Å². The number of nitrogens with one attached hydrogen (secondary N) is 2. The highest BCUT2D eigenvalue weighted by atomic mass is 32.2. The summed E-state index contributed by atoms with van der Waals surface area (Å²) in [7, 11) is 0.0434. The lowest BCUT2D eigenvalue weighted by molar-refractivity contribution is 0.416. The van der Waals surface area contributed by atoms with E-state index in [-0.39, 0.29) is 0 Å². The minimum absolute atomic E-state index is 0.417. The van der Waals surface area contributed by atoms with E-state index in [9.17, 15) is 8.42 Å². The highest BCUT2D eigenvalue weighted by Crippen LogP contribution is 2.33. The number of anilines is 3. The van der Waals surface area contributed by atoms with Gasteiger partial charge in [0, 0.05) is 59.6 Å². The van der Waals surface area contributed by atoms with Gasteiger partial charge < -0.3 is 14.6 Å². The quantitative estimate of drug-likeness (QED) is 0.306. The molecule has 2 aromatic carbocycles. The molecule has 0 aliphatic heterocycles. The van der Waals surface area contributed by atoms with Crippen LogP contribution in [0.15, 0.2) is 73.3 Å². The van der Waals surface area contributed by atoms with E-state index in [1.54, 1.807) is 56.2 Å². The van der Waals surface area contributed by atoms with Crippen LogP contribution in [0.1, 0.15) is 13.8 Å². The molecule has 190 valence electrons. The molecule has 0 aliphatic rings. The number of hydrogen-bond donors (Lipinski definition) is 2. The molecule has 0 aliphatic carbocycles. The molecule has 0 bridgehead atoms. The Morgan fingerprint density at radius 2 is 1.86 bits per heavy atom. The average molecular weight is 518 g/mol. The molecule has 10 nitrogen and oxygen atoms in total. The van der Waals surface area contributed by atoms with E-state index in [0.717, 1.165) is 27.9 Å². The van der Waals surface area contributed by atoms with E-state index >= 15 is 0 Å². The molecular formula is C26H27N7O3S. The van der Waals surface area contributed by atoms with E-state index < -0.39 is 15.3 Å². The Morgan fingerprint density at radius 3 is 2.59 bits per heavy atom. The standard InChI is InChI=1S/C26H27N7O3S/c1-17(2)37(34,35)31-21-6-5-7-22(12-21)33-11-10-18-14-27-26(30-25(18)33)29-20-8-9-23(24(13-20)36-4)19-15-28-32(3)16-19/h5-17,31H,1-4H3,(H,27,29,30). The Bertz CT molecular complexity index is 1690. The van der Waals surface area contributed by atoms with Gasteiger partial charge in [0.1, 0.15) is 11.4 Å². The fourth-order valence-corrected chi connectivity index (χ4v) is 4.58. The first-order chi connectivity index (χ1) is 17.7. The summed E-state index contributed by atoms with van der Waals surface area (Å²) >= 11 is 0. The molecule has 5 aromatic rings. The lowest BCUT2D eigenvalue weighted by Gasteiger charge is -2.13. The first-order valence-corrected chi connectivity index (χ1v) is 13.2. The fourth-order valence-electron chi connectivity index (χ4n) is 3.88. The molecule has 37 heavy (non-hydrogen) atoms. The molecule has 2 N–H and O–H groups in total. The summed E-state index contributed by atoms with van der Waals surface area (Å²) in [5.41, 5.74) is 4.60. The number of nitrogens with zero attached hydrogens (tertiary/aromatic N) is 5. The summed E-state index contributed by atoms with van der Waals surface area (Å²) in [4.78, 5) is 9.18. The maximum Gasteiger partial charge on any atom is 0.235 e. The molecule has 3 aromatic heterocycles. The number of aromatic nitrogens is 5. The van der Waals surface area contributed by atoms with Gasteiger partial charge in [0.25, 0.3) is 0 Å². The molecule has 0 saturated carbocycles. The van der Waals surface area contributed by atoms with Crippen molar-refractivity contribution in [3.8, 4) is 22.6 Å². The van der Waals surface area contributed by atoms with Crippen molar-refractivity contribution in [2.24, 2.45) is 7.05 Å². The third-order valence-electron chi connectivity index (χ3n) is 5.91. The number of fused-ring (bicyclic) bond motifs is 1. The van der Waals surface area contributed by atoms with Crippen molar-refractivity contribution in [3.05, 3.63) is 73.3 Å². The molecule has 0 fully saturated rings. The van der Waals surface area contributed by atoms with Gasteiger partial charge in [0.2, 0.25) is 16.0 Å². The fraction of sp³-hybridized carbons (Fsp3) is 0.192. The SMILES string of the molecule is COc1cc(Nc2ncc3ccn(-c4cccc(NS(=O)(=O)C(C)C)c4)c3n2)ccc1-c1cnn(C)c1. The van der Waals surface area contributed by atoms with Crippen LogP contribution >= 0.6 is 0 Å². The number of methoxy groups -OCH3 is 1. The topological polar surface area (TPSA) is 116 Å². The number of aryl methyl sites for hydroxylation is 1. The number of rotatable bonds is 8. The molecule has 0 atom stereocenters. The number of hydrogen-bond acceptors (Lipinski definition) is 7. The summed E-state index contributed by atoms with van der Waals surface area (Å²) in [5.74, 6) is 1.11. The van der Waals surface area contributed by atoms with Crippen molar-refractivity contribution < 1.29 is 13.2 Å². The van der Waals surface area contributed by atoms with Gasteiger partial charge >= 0.3 is 0 Å². The van der Waals surface area contributed by atoms with E-state index in [1.807, 2.05) is 54.3 Å². The number of benzene rings is 2. The van der Waals surface area contributed by atoms with Gasteiger partial charge in [-0.05, 0) is 50.2 Å². The zero-order valence-corrected chi connectivity index (χ0v) is 21.7. The highest BCUT2D eigenvalue weighted by Gasteiger charge is 2.16. The average Bonchev–Trinajstić information content (AvgIpc) is 3.49. The summed E-state index contributed by atoms with van der Waals surface area (Å²) in [6.45, 7) is 3.28. The first kappa shape index (κ1) is 24.3. The van der Waals surface area contributed by atoms with Gasteiger partial charge in [-0.2, -0.15) is 10.1 Å². The van der Waals surface area contributed by atoms with Gasteiger partial charge in [0.15, 0.2) is 0 Å². The smallest absolute Gasteiger partial charge is 0.235 e. The number of ether oxygens (including phenoxy) is 1. The van der Waals surface area contributed by atoms with E-state index in [2.05, 4.69) is 20.1 Å². The monoisotopic (exact) mass is 517 g/mol. The molecule has 0 radical (unpaired) electrons. The minimum Gasteiger partial charge on any atom is -0.496 e. The summed E-state index contributed by atoms with van der Waals surface area (Å²) < 4.78 is 36.5. The van der Waals surface area contributed by atoms with Gasteiger partial charge in [-0.15, -0.1) is 0 Å². The molecule has 5 rings (SSSR count). The predicted molar refractivity (Wildman–Crippen MR) is 145 cm³/mol. The Labute approximate surface area is 215 Å². The summed E-state index contributed by atoms with van der Waals surface area (Å²) in [5, 5.41) is 7.80. The van der Waals surface area contributed by atoms with Crippen LogP contribution in [0.5, 0.6) is 5.75 Å². The van der Waals surface area contributed by atoms with Crippen LogP contribution in [0.25, 0.3) is 27.8 Å². The van der Waals surface area contributed by atoms with Crippen LogP contribution in [0.2, 0.25) is 0 Å². The van der Waals surface area contributed by atoms with Crippen LogP contribution < -0.4 is 14.8 Å². The van der Waals surface area contributed by atoms with Crippen LogP contribution in [0, 0.1) is 0 Å². The summed E-state index contributed by atoms with van der Waals surface area (Å²) in [6.07, 6.45) is 7.34. The maximum atomic E-state index is 12.3. The van der Waals surface area contributed by atoms with Crippen molar-refractivity contribution in [2.75, 3.05) is 17.1 Å². The zero-order valence-electron chi connectivity index (χ0n) is 20.9. The first-order valence-electron chi connectivity index (χ1n) is 11.6. The molecular weight excluding hydrogens is 490 g/mol. The molecule has 0 unspecified atom stereocenters. The van der Waals surface area contributed by atoms with Crippen LogP contribution in [0.4, 0.5) is 17.3 Å². The Balaban J connectivity index is 1.44. The Morgan fingerprint density at radius 1 is 1.03 bits per heavy atom. The van der Waals surface area contributed by atoms with Crippen molar-refractivity contribution in [3.63, 3.8) is 0 Å². The van der Waals surface area contributed by atoms with Crippen molar-refractivity contribution in [2.45, 2.75) is 19.1 Å². The van der Waals surface area contributed by atoms with Gasteiger partial charge in [0.05, 0.1) is 24.2 Å². The lowest BCUT2D eigenvalue weighted by atomic mass is 10.1. The van der Waals surface area contributed by atoms with Gasteiger partial charge in [-0.25, -0.2) is 13.4 Å². The maximum absolute atomic E-state index is 12.3. The second-order valence-electron chi connectivity index (χ2n) is 8.85. The summed E-state index contributed by atoms with van der Waals surface area (Å²) in [6, 6.07) is 14.9. The van der Waals surface area contributed by atoms with Crippen LogP contribution in [0.3, 0.4) is 0 Å². The van der Waals surface area contributed by atoms with E-state index in [1.165, 1.54) is 0 Å². The van der Waals surface area contributed by atoms with Crippen molar-refractivity contribution in [1.82, 2.24) is 24.3 Å². The molecule has 0 spiro atoms. The Hall–Kier alpha value is -4.38. The lowest BCUT2D eigenvalue weighted by Crippen LogP contribution is -2.22. The van der Waals surface area contributed by atoms with Crippen molar-refractivity contribution >= 4 is 38.4 Å². The molecule has 0 amide bonds. The highest BCUT2D eigenvalue weighted by molar-refractivity contribution is 7.93. The largest absolute Gasteiger partial charge is 0.496 e. The molecule has 0 saturated heterocycles. The molecule has 3 heterocycles. The predicted octanol–water partition coefficient (Wildman–Crippen LogP) is 4.72. The third-order valence-corrected chi connectivity index (χ3v) is 7.67.